The summed E-state index contributed by atoms with van der Waals surface area (Å²) in [5, 5.41) is 10.2. The Balaban J connectivity index is 1.09. The fourth-order valence-corrected chi connectivity index (χ4v) is 9.47. The van der Waals surface area contributed by atoms with Crippen molar-refractivity contribution in [2.45, 2.75) is 19.3 Å². The van der Waals surface area contributed by atoms with Crippen LogP contribution < -0.4 is 4.90 Å². The van der Waals surface area contributed by atoms with Gasteiger partial charge in [-0.15, -0.1) is 0 Å². The minimum absolute atomic E-state index is 0.111. The molecule has 0 spiro atoms. The molecule has 0 saturated heterocycles. The summed E-state index contributed by atoms with van der Waals surface area (Å²) in [6.07, 6.45) is 0. The molecule has 1 heteroatoms. The van der Waals surface area contributed by atoms with E-state index in [9.17, 15) is 0 Å². The van der Waals surface area contributed by atoms with Crippen LogP contribution in [0.5, 0.6) is 0 Å². The van der Waals surface area contributed by atoms with Crippen molar-refractivity contribution in [1.82, 2.24) is 0 Å². The molecule has 0 amide bonds. The lowest BCUT2D eigenvalue weighted by molar-refractivity contribution is 0.660. The van der Waals surface area contributed by atoms with E-state index < -0.39 is 0 Å². The number of rotatable bonds is 5. The molecule has 0 aromatic heterocycles. The zero-order valence-electron chi connectivity index (χ0n) is 31.5. The van der Waals surface area contributed by atoms with E-state index in [2.05, 4.69) is 219 Å². The van der Waals surface area contributed by atoms with E-state index in [-0.39, 0.29) is 5.41 Å². The van der Waals surface area contributed by atoms with E-state index in [0.717, 1.165) is 17.1 Å². The van der Waals surface area contributed by atoms with Crippen molar-refractivity contribution in [3.05, 3.63) is 211 Å². The van der Waals surface area contributed by atoms with Crippen LogP contribution in [0.15, 0.2) is 200 Å². The Kier molecular flexibility index (Phi) is 7.28. The molecule has 11 rings (SSSR count). The number of hydrogen-bond acceptors (Lipinski definition) is 1. The minimum atomic E-state index is -0.111. The average Bonchev–Trinajstić information content (AvgIpc) is 3.49. The Labute approximate surface area is 327 Å². The normalized spacial score (nSPS) is 13.0. The molecule has 0 fully saturated rings. The lowest BCUT2D eigenvalue weighted by Gasteiger charge is -2.29. The summed E-state index contributed by atoms with van der Waals surface area (Å²) in [5.41, 5.74) is 13.6. The summed E-state index contributed by atoms with van der Waals surface area (Å²) in [6, 6.07) is 74.0. The molecule has 0 radical (unpaired) electrons. The molecular formula is C55H39N. The fraction of sp³-hybridized carbons (Fsp3) is 0.0545. The zero-order valence-corrected chi connectivity index (χ0v) is 31.5. The lowest BCUT2D eigenvalue weighted by atomic mass is 9.82. The lowest BCUT2D eigenvalue weighted by Crippen LogP contribution is -2.16. The van der Waals surface area contributed by atoms with Gasteiger partial charge in [0.2, 0.25) is 0 Å². The predicted molar refractivity (Wildman–Crippen MR) is 240 cm³/mol. The van der Waals surface area contributed by atoms with Gasteiger partial charge in [0.15, 0.2) is 0 Å². The van der Waals surface area contributed by atoms with Crippen LogP contribution in [0.1, 0.15) is 25.0 Å². The van der Waals surface area contributed by atoms with Gasteiger partial charge in [0, 0.05) is 22.5 Å². The van der Waals surface area contributed by atoms with Gasteiger partial charge >= 0.3 is 0 Å². The first-order chi connectivity index (χ1) is 27.5. The molecule has 0 aliphatic heterocycles. The predicted octanol–water partition coefficient (Wildman–Crippen LogP) is 15.4. The van der Waals surface area contributed by atoms with E-state index in [1.165, 1.54) is 87.6 Å². The van der Waals surface area contributed by atoms with Crippen molar-refractivity contribution >= 4 is 60.2 Å². The van der Waals surface area contributed by atoms with Gasteiger partial charge in [0.1, 0.15) is 0 Å². The highest BCUT2D eigenvalue weighted by atomic mass is 15.1. The van der Waals surface area contributed by atoms with E-state index in [0.29, 0.717) is 0 Å². The van der Waals surface area contributed by atoms with Crippen molar-refractivity contribution in [3.8, 4) is 33.4 Å². The molecule has 10 aromatic rings. The minimum Gasteiger partial charge on any atom is -0.310 e. The number of nitrogens with zero attached hydrogens (tertiary/aromatic N) is 1. The fourth-order valence-electron chi connectivity index (χ4n) is 9.47. The van der Waals surface area contributed by atoms with E-state index in [1.807, 2.05) is 0 Å². The van der Waals surface area contributed by atoms with Gasteiger partial charge in [-0.2, -0.15) is 0 Å². The maximum absolute atomic E-state index is 2.44. The quantitative estimate of drug-likeness (QED) is 0.161. The van der Waals surface area contributed by atoms with Crippen LogP contribution in [0, 0.1) is 0 Å². The highest BCUT2D eigenvalue weighted by Crippen LogP contribution is 2.51. The van der Waals surface area contributed by atoms with Crippen LogP contribution in [0.2, 0.25) is 0 Å². The highest BCUT2D eigenvalue weighted by molar-refractivity contribution is 6.15. The van der Waals surface area contributed by atoms with Gasteiger partial charge < -0.3 is 4.90 Å². The number of benzene rings is 10. The third-order valence-electron chi connectivity index (χ3n) is 12.2. The first kappa shape index (κ1) is 32.5. The monoisotopic (exact) mass is 713 g/mol. The maximum Gasteiger partial charge on any atom is 0.0467 e. The summed E-state index contributed by atoms with van der Waals surface area (Å²) in [6.45, 7) is 4.72. The molecular weight excluding hydrogens is 675 g/mol. The molecule has 0 atom stereocenters. The zero-order chi connectivity index (χ0) is 37.4. The molecule has 1 nitrogen and oxygen atoms in total. The molecule has 264 valence electrons. The third-order valence-corrected chi connectivity index (χ3v) is 12.2. The van der Waals surface area contributed by atoms with Crippen molar-refractivity contribution in [2.75, 3.05) is 4.90 Å². The molecule has 1 aliphatic rings. The molecule has 56 heavy (non-hydrogen) atoms. The van der Waals surface area contributed by atoms with E-state index in [1.54, 1.807) is 0 Å². The SMILES string of the molecule is CC1(C)c2ccccc2-c2ccc(N(c3ccc(-c4cc5ccccc5c5ccccc45)cc3)c3cccc(-c4cc5ccccc5c5ccccc45)c3)cc21. The number of anilines is 3. The molecule has 0 N–H and O–H groups in total. The average molecular weight is 714 g/mol. The maximum atomic E-state index is 2.44. The Morgan fingerprint density at radius 1 is 0.304 bits per heavy atom. The summed E-state index contributed by atoms with van der Waals surface area (Å²) in [5.74, 6) is 0. The first-order valence-corrected chi connectivity index (χ1v) is 19.6. The molecule has 0 saturated carbocycles. The second kappa shape index (κ2) is 12.5. The van der Waals surface area contributed by atoms with E-state index >= 15 is 0 Å². The smallest absolute Gasteiger partial charge is 0.0467 e. The van der Waals surface area contributed by atoms with Crippen molar-refractivity contribution in [2.24, 2.45) is 0 Å². The van der Waals surface area contributed by atoms with Crippen LogP contribution in [0.3, 0.4) is 0 Å². The molecule has 0 unspecified atom stereocenters. The Hall–Kier alpha value is -6.96. The second-order valence-corrected chi connectivity index (χ2v) is 15.7. The summed E-state index contributed by atoms with van der Waals surface area (Å²) < 4.78 is 0. The summed E-state index contributed by atoms with van der Waals surface area (Å²) in [4.78, 5) is 2.44. The summed E-state index contributed by atoms with van der Waals surface area (Å²) in [7, 11) is 0. The second-order valence-electron chi connectivity index (χ2n) is 15.7. The Morgan fingerprint density at radius 2 is 0.804 bits per heavy atom. The summed E-state index contributed by atoms with van der Waals surface area (Å²) >= 11 is 0. The largest absolute Gasteiger partial charge is 0.310 e. The number of fused-ring (bicyclic) bond motifs is 9. The molecule has 0 heterocycles. The number of hydrogen-bond donors (Lipinski definition) is 0. The van der Waals surface area contributed by atoms with Crippen molar-refractivity contribution in [3.63, 3.8) is 0 Å². The molecule has 1 aliphatic carbocycles. The Bertz CT molecular complexity index is 3170. The molecule has 10 aromatic carbocycles. The highest BCUT2D eigenvalue weighted by Gasteiger charge is 2.35. The first-order valence-electron chi connectivity index (χ1n) is 19.6. The van der Waals surface area contributed by atoms with Gasteiger partial charge in [0.25, 0.3) is 0 Å². The molecule has 0 bridgehead atoms. The van der Waals surface area contributed by atoms with Crippen LogP contribution >= 0.6 is 0 Å². The third kappa shape index (κ3) is 5.01. The van der Waals surface area contributed by atoms with Gasteiger partial charge in [-0.3, -0.25) is 0 Å². The van der Waals surface area contributed by atoms with Crippen LogP contribution in [-0.4, -0.2) is 0 Å². The van der Waals surface area contributed by atoms with Crippen LogP contribution in [-0.2, 0) is 5.41 Å². The van der Waals surface area contributed by atoms with Gasteiger partial charge in [-0.25, -0.2) is 0 Å². The van der Waals surface area contributed by atoms with Crippen molar-refractivity contribution in [1.29, 1.82) is 0 Å². The van der Waals surface area contributed by atoms with Crippen molar-refractivity contribution < 1.29 is 0 Å². The standard InChI is InChI=1S/C55H39N/c1-55(2)53-25-12-11-24-49(53)50-31-30-42(35-54(50)55)56(40-28-26-36(27-29-40)51-33-38-14-3-5-18-43(38)45-20-7-9-22-47(45)51)41-17-13-16-37(32-41)52-34-39-15-4-6-19-44(39)46-21-8-10-23-48(46)52/h3-35H,1-2H3. The van der Waals surface area contributed by atoms with Crippen LogP contribution in [0.4, 0.5) is 17.1 Å². The van der Waals surface area contributed by atoms with Gasteiger partial charge in [-0.1, -0.05) is 166 Å². The van der Waals surface area contributed by atoms with Gasteiger partial charge in [-0.05, 0) is 136 Å². The van der Waals surface area contributed by atoms with Gasteiger partial charge in [0.05, 0.1) is 0 Å². The Morgan fingerprint density at radius 3 is 1.46 bits per heavy atom. The van der Waals surface area contributed by atoms with E-state index in [4.69, 9.17) is 0 Å². The topological polar surface area (TPSA) is 3.24 Å². The van der Waals surface area contributed by atoms with Crippen LogP contribution in [0.25, 0.3) is 76.5 Å².